The molecule has 0 N–H and O–H groups in total. The number of carbonyl (C=O) groups excluding carboxylic acids is 2. The van der Waals surface area contributed by atoms with Crippen LogP contribution in [0.25, 0.3) is 0 Å². The molecule has 10 heteroatoms. The first kappa shape index (κ1) is 24.1. The number of ether oxygens (including phenoxy) is 2. The molecule has 3 aromatic rings. The van der Waals surface area contributed by atoms with E-state index in [0.717, 1.165) is 0 Å². The van der Waals surface area contributed by atoms with E-state index in [1.807, 2.05) is 0 Å². The normalized spacial score (nSPS) is 10.7. The lowest BCUT2D eigenvalue weighted by Crippen LogP contribution is -2.21. The minimum absolute atomic E-state index is 0.0498. The topological polar surface area (TPSA) is 70.4 Å². The summed E-state index contributed by atoms with van der Waals surface area (Å²) in [5, 5.41) is 5.47. The van der Waals surface area contributed by atoms with E-state index in [2.05, 4.69) is 11.7 Å². The number of rotatable bonds is 8. The standard InChI is InChI=1S/C22H16Cl4N2O4/c1-3-8-28-22(32-19(29)11-31-14-5-7-17(25)18(26)10-14)20(12(2)27-28)21(30)15-9-13(23)4-6-16(15)24/h3-7,9-10H,1,8,11H2,2H3. The highest BCUT2D eigenvalue weighted by Gasteiger charge is 2.27. The Labute approximate surface area is 204 Å². The minimum Gasteiger partial charge on any atom is -0.482 e. The highest BCUT2D eigenvalue weighted by Crippen LogP contribution is 2.30. The van der Waals surface area contributed by atoms with Gasteiger partial charge in [0.1, 0.15) is 11.3 Å². The third kappa shape index (κ3) is 5.45. The van der Waals surface area contributed by atoms with Crippen LogP contribution in [0.4, 0.5) is 0 Å². The summed E-state index contributed by atoms with van der Waals surface area (Å²) < 4.78 is 12.2. The lowest BCUT2D eigenvalue weighted by atomic mass is 10.0. The predicted molar refractivity (Wildman–Crippen MR) is 125 cm³/mol. The first-order valence-electron chi connectivity index (χ1n) is 9.17. The molecule has 0 radical (unpaired) electrons. The fourth-order valence-electron chi connectivity index (χ4n) is 2.82. The highest BCUT2D eigenvalue weighted by molar-refractivity contribution is 6.42. The van der Waals surface area contributed by atoms with E-state index in [9.17, 15) is 9.59 Å². The Morgan fingerprint density at radius 1 is 1.06 bits per heavy atom. The summed E-state index contributed by atoms with van der Waals surface area (Å²) in [6.07, 6.45) is 1.55. The molecule has 1 heterocycles. The van der Waals surface area contributed by atoms with Gasteiger partial charge in [0.05, 0.1) is 27.3 Å². The van der Waals surface area contributed by atoms with Crippen LogP contribution in [0.15, 0.2) is 49.1 Å². The van der Waals surface area contributed by atoms with Gasteiger partial charge >= 0.3 is 5.97 Å². The molecule has 0 amide bonds. The molecule has 0 aliphatic heterocycles. The zero-order valence-corrected chi connectivity index (χ0v) is 19.7. The van der Waals surface area contributed by atoms with Crippen LogP contribution < -0.4 is 9.47 Å². The number of aromatic nitrogens is 2. The lowest BCUT2D eigenvalue weighted by Gasteiger charge is -2.11. The predicted octanol–water partition coefficient (Wildman–Crippen LogP) is 6.21. The van der Waals surface area contributed by atoms with E-state index in [1.165, 1.54) is 22.9 Å². The van der Waals surface area contributed by atoms with Crippen molar-refractivity contribution in [1.29, 1.82) is 0 Å². The molecule has 2 aromatic carbocycles. The van der Waals surface area contributed by atoms with E-state index >= 15 is 0 Å². The van der Waals surface area contributed by atoms with E-state index in [-0.39, 0.29) is 33.6 Å². The smallest absolute Gasteiger partial charge is 0.350 e. The Kier molecular flexibility index (Phi) is 7.85. The molecule has 0 atom stereocenters. The largest absolute Gasteiger partial charge is 0.482 e. The fraction of sp³-hybridized carbons (Fsp3) is 0.136. The maximum absolute atomic E-state index is 13.2. The van der Waals surface area contributed by atoms with Crippen LogP contribution in [0.3, 0.4) is 0 Å². The van der Waals surface area contributed by atoms with Crippen molar-refractivity contribution in [2.75, 3.05) is 6.61 Å². The van der Waals surface area contributed by atoms with Crippen LogP contribution in [0.1, 0.15) is 21.6 Å². The maximum atomic E-state index is 13.2. The van der Waals surface area contributed by atoms with Crippen LogP contribution in [0.2, 0.25) is 20.1 Å². The highest BCUT2D eigenvalue weighted by atomic mass is 35.5. The van der Waals surface area contributed by atoms with Gasteiger partial charge in [0.25, 0.3) is 0 Å². The molecule has 0 aliphatic rings. The fourth-order valence-corrected chi connectivity index (χ4v) is 3.49. The summed E-state index contributed by atoms with van der Waals surface area (Å²) in [6, 6.07) is 9.09. The summed E-state index contributed by atoms with van der Waals surface area (Å²) in [7, 11) is 0. The van der Waals surface area contributed by atoms with Crippen LogP contribution in [0, 0.1) is 6.92 Å². The van der Waals surface area contributed by atoms with E-state index in [1.54, 1.807) is 31.2 Å². The monoisotopic (exact) mass is 512 g/mol. The van der Waals surface area contributed by atoms with E-state index < -0.39 is 18.4 Å². The van der Waals surface area contributed by atoms with Gasteiger partial charge in [-0.1, -0.05) is 52.5 Å². The molecule has 0 saturated heterocycles. The molecule has 0 saturated carbocycles. The maximum Gasteiger partial charge on any atom is 0.350 e. The summed E-state index contributed by atoms with van der Waals surface area (Å²) in [6.45, 7) is 5.04. The molecule has 1 aromatic heterocycles. The number of benzene rings is 2. The van der Waals surface area contributed by atoms with Crippen molar-refractivity contribution >= 4 is 58.2 Å². The minimum atomic E-state index is -0.757. The molecular formula is C22H16Cl4N2O4. The first-order chi connectivity index (χ1) is 15.2. The molecule has 0 spiro atoms. The van der Waals surface area contributed by atoms with Gasteiger partial charge in [0.15, 0.2) is 6.61 Å². The Balaban J connectivity index is 1.88. The van der Waals surface area contributed by atoms with Crippen molar-refractivity contribution in [2.24, 2.45) is 0 Å². The van der Waals surface area contributed by atoms with Crippen molar-refractivity contribution in [3.8, 4) is 11.6 Å². The number of nitrogens with zero attached hydrogens (tertiary/aromatic N) is 2. The third-order valence-corrected chi connectivity index (χ3v) is 5.54. The summed E-state index contributed by atoms with van der Waals surface area (Å²) in [4.78, 5) is 25.7. The van der Waals surface area contributed by atoms with Crippen molar-refractivity contribution in [3.05, 3.63) is 86.0 Å². The zero-order valence-electron chi connectivity index (χ0n) is 16.7. The SMILES string of the molecule is C=CCn1nc(C)c(C(=O)c2cc(Cl)ccc2Cl)c1OC(=O)COc1ccc(Cl)c(Cl)c1. The Bertz CT molecular complexity index is 1210. The van der Waals surface area contributed by atoms with Crippen LogP contribution >= 0.6 is 46.4 Å². The second-order valence-electron chi connectivity index (χ2n) is 6.53. The number of hydrogen-bond acceptors (Lipinski definition) is 5. The molecule has 166 valence electrons. The van der Waals surface area contributed by atoms with E-state index in [4.69, 9.17) is 55.9 Å². The van der Waals surface area contributed by atoms with Crippen molar-refractivity contribution in [1.82, 2.24) is 9.78 Å². The van der Waals surface area contributed by atoms with Crippen molar-refractivity contribution in [2.45, 2.75) is 13.5 Å². The number of halogens is 4. The second-order valence-corrected chi connectivity index (χ2v) is 8.19. The van der Waals surface area contributed by atoms with Crippen molar-refractivity contribution in [3.63, 3.8) is 0 Å². The van der Waals surface area contributed by atoms with Crippen molar-refractivity contribution < 1.29 is 19.1 Å². The molecular weight excluding hydrogens is 498 g/mol. The summed E-state index contributed by atoms with van der Waals surface area (Å²) >= 11 is 24.0. The van der Waals surface area contributed by atoms with Gasteiger partial charge in [0, 0.05) is 16.7 Å². The Hall–Kier alpha value is -2.51. The number of ketones is 1. The second kappa shape index (κ2) is 10.4. The van der Waals surface area contributed by atoms with Gasteiger partial charge in [-0.15, -0.1) is 6.58 Å². The molecule has 32 heavy (non-hydrogen) atoms. The number of esters is 1. The molecule has 0 bridgehead atoms. The average molecular weight is 514 g/mol. The van der Waals surface area contributed by atoms with Gasteiger partial charge in [0.2, 0.25) is 11.7 Å². The van der Waals surface area contributed by atoms with Gasteiger partial charge in [-0.2, -0.15) is 5.10 Å². The summed E-state index contributed by atoms with van der Waals surface area (Å²) in [5.74, 6) is -0.966. The third-order valence-electron chi connectivity index (χ3n) is 4.24. The van der Waals surface area contributed by atoms with Crippen LogP contribution in [-0.4, -0.2) is 28.1 Å². The number of allylic oxidation sites excluding steroid dienone is 1. The molecule has 0 unspecified atom stereocenters. The molecule has 6 nitrogen and oxygen atoms in total. The Morgan fingerprint density at radius 3 is 2.47 bits per heavy atom. The number of carbonyl (C=O) groups is 2. The van der Waals surface area contributed by atoms with Crippen LogP contribution in [0.5, 0.6) is 11.6 Å². The first-order valence-corrected chi connectivity index (χ1v) is 10.7. The van der Waals surface area contributed by atoms with E-state index in [0.29, 0.717) is 21.5 Å². The van der Waals surface area contributed by atoms with Gasteiger partial charge in [-0.3, -0.25) is 4.79 Å². The lowest BCUT2D eigenvalue weighted by molar-refractivity contribution is -0.137. The number of hydrogen-bond donors (Lipinski definition) is 0. The molecule has 3 rings (SSSR count). The van der Waals surface area contributed by atoms with Gasteiger partial charge < -0.3 is 9.47 Å². The quantitative estimate of drug-likeness (QED) is 0.203. The average Bonchev–Trinajstić information content (AvgIpc) is 3.05. The summed E-state index contributed by atoms with van der Waals surface area (Å²) in [5.41, 5.74) is 0.588. The zero-order chi connectivity index (χ0) is 23.4. The van der Waals surface area contributed by atoms with Crippen LogP contribution in [-0.2, 0) is 11.3 Å². The molecule has 0 aliphatic carbocycles. The van der Waals surface area contributed by atoms with Gasteiger partial charge in [-0.25, -0.2) is 9.48 Å². The Morgan fingerprint density at radius 2 is 1.78 bits per heavy atom. The molecule has 0 fully saturated rings. The number of aryl methyl sites for hydroxylation is 1. The van der Waals surface area contributed by atoms with Gasteiger partial charge in [-0.05, 0) is 37.3 Å².